The van der Waals surface area contributed by atoms with E-state index in [1.165, 1.54) is 10.5 Å². The van der Waals surface area contributed by atoms with Crippen molar-refractivity contribution in [2.24, 2.45) is 5.92 Å². The van der Waals surface area contributed by atoms with Gasteiger partial charge in [-0.25, -0.2) is 4.98 Å². The van der Waals surface area contributed by atoms with Crippen LogP contribution in [0.15, 0.2) is 5.57 Å². The van der Waals surface area contributed by atoms with Crippen LogP contribution in [-0.2, 0) is 4.74 Å². The van der Waals surface area contributed by atoms with Crippen molar-refractivity contribution in [3.05, 3.63) is 16.1 Å². The van der Waals surface area contributed by atoms with Gasteiger partial charge in [0.05, 0.1) is 23.8 Å². The van der Waals surface area contributed by atoms with E-state index in [-0.39, 0.29) is 0 Å². The molecule has 2 rings (SSSR count). The largest absolute Gasteiger partial charge is 0.378 e. The van der Waals surface area contributed by atoms with Crippen molar-refractivity contribution < 1.29 is 4.74 Å². The second kappa shape index (κ2) is 6.73. The number of halogens is 1. The van der Waals surface area contributed by atoms with Gasteiger partial charge in [-0.15, -0.1) is 11.6 Å². The number of aromatic nitrogens is 1. The van der Waals surface area contributed by atoms with Crippen LogP contribution < -0.4 is 4.90 Å². The molecule has 3 nitrogen and oxygen atoms in total. The number of allylic oxidation sites excluding steroid dienone is 1. The van der Waals surface area contributed by atoms with E-state index in [9.17, 15) is 0 Å². The lowest BCUT2D eigenvalue weighted by Gasteiger charge is -2.26. The fraction of sp³-hybridized carbons (Fsp3) is 0.643. The van der Waals surface area contributed by atoms with Crippen LogP contribution in [0.5, 0.6) is 0 Å². The summed E-state index contributed by atoms with van der Waals surface area (Å²) >= 11 is 7.76. The molecular formula is C14H21ClN2OS. The molecule has 1 aromatic rings. The van der Waals surface area contributed by atoms with Crippen molar-refractivity contribution in [2.75, 3.05) is 37.1 Å². The Labute approximate surface area is 124 Å². The van der Waals surface area contributed by atoms with Crippen LogP contribution in [0.25, 0.3) is 6.08 Å². The van der Waals surface area contributed by atoms with Gasteiger partial charge in [-0.05, 0) is 18.9 Å². The second-order valence-corrected chi connectivity index (χ2v) is 6.33. The second-order valence-electron chi connectivity index (χ2n) is 5.05. The predicted octanol–water partition coefficient (Wildman–Crippen LogP) is 3.57. The number of aryl methyl sites for hydroxylation is 1. The highest BCUT2D eigenvalue weighted by Crippen LogP contribution is 2.29. The molecule has 0 atom stereocenters. The molecule has 1 aromatic heterocycles. The van der Waals surface area contributed by atoms with Crippen molar-refractivity contribution in [1.82, 2.24) is 4.98 Å². The number of hydrogen-bond acceptors (Lipinski definition) is 4. The number of hydrogen-bond donors (Lipinski definition) is 0. The molecule has 5 heteroatoms. The Balaban J connectivity index is 2.20. The Bertz CT molecular complexity index is 450. The summed E-state index contributed by atoms with van der Waals surface area (Å²) in [4.78, 5) is 8.21. The van der Waals surface area contributed by atoms with Crippen molar-refractivity contribution in [3.8, 4) is 0 Å². The maximum atomic E-state index is 6.01. The third kappa shape index (κ3) is 3.71. The summed E-state index contributed by atoms with van der Waals surface area (Å²) in [6, 6.07) is 0. The molecule has 2 heterocycles. The molecule has 0 unspecified atom stereocenters. The van der Waals surface area contributed by atoms with E-state index in [0.29, 0.717) is 11.8 Å². The lowest BCUT2D eigenvalue weighted by atomic mass is 10.0. The van der Waals surface area contributed by atoms with Crippen LogP contribution in [-0.4, -0.2) is 37.2 Å². The van der Waals surface area contributed by atoms with Crippen molar-refractivity contribution in [3.63, 3.8) is 0 Å². The summed E-state index contributed by atoms with van der Waals surface area (Å²) in [5.41, 5.74) is 2.36. The minimum atomic E-state index is 0.478. The first-order chi connectivity index (χ1) is 9.11. The minimum Gasteiger partial charge on any atom is -0.378 e. The summed E-state index contributed by atoms with van der Waals surface area (Å²) in [5.74, 6) is 1.06. The number of ether oxygens (including phenoxy) is 1. The Morgan fingerprint density at radius 3 is 2.74 bits per heavy atom. The van der Waals surface area contributed by atoms with E-state index in [0.717, 1.165) is 37.1 Å². The molecule has 0 radical (unpaired) electrons. The first-order valence-corrected chi connectivity index (χ1v) is 8.03. The van der Waals surface area contributed by atoms with E-state index in [1.54, 1.807) is 11.3 Å². The lowest BCUT2D eigenvalue weighted by Crippen LogP contribution is -2.36. The average molecular weight is 301 g/mol. The first-order valence-electron chi connectivity index (χ1n) is 6.68. The van der Waals surface area contributed by atoms with Crippen LogP contribution in [0, 0.1) is 12.8 Å². The number of nitrogens with zero attached hydrogens (tertiary/aromatic N) is 2. The van der Waals surface area contributed by atoms with Crippen LogP contribution in [0.1, 0.15) is 24.4 Å². The van der Waals surface area contributed by atoms with Crippen LogP contribution in [0.3, 0.4) is 0 Å². The Hall–Kier alpha value is -0.580. The van der Waals surface area contributed by atoms with Gasteiger partial charge in [-0.3, -0.25) is 0 Å². The molecular weight excluding hydrogens is 280 g/mol. The molecule has 0 bridgehead atoms. The molecule has 1 saturated heterocycles. The molecule has 0 N–H and O–H groups in total. The number of anilines is 1. The smallest absolute Gasteiger partial charge is 0.186 e. The number of alkyl halides is 1. The van der Waals surface area contributed by atoms with E-state index in [1.807, 2.05) is 0 Å². The molecule has 0 aliphatic carbocycles. The zero-order valence-corrected chi connectivity index (χ0v) is 13.4. The highest BCUT2D eigenvalue weighted by molar-refractivity contribution is 7.16. The first kappa shape index (κ1) is 14.8. The molecule has 1 fully saturated rings. The van der Waals surface area contributed by atoms with Crippen LogP contribution in [0.2, 0.25) is 0 Å². The van der Waals surface area contributed by atoms with Crippen LogP contribution >= 0.6 is 22.9 Å². The lowest BCUT2D eigenvalue weighted by molar-refractivity contribution is 0.122. The van der Waals surface area contributed by atoms with Gasteiger partial charge in [-0.2, -0.15) is 0 Å². The Morgan fingerprint density at radius 1 is 1.47 bits per heavy atom. The van der Waals surface area contributed by atoms with Gasteiger partial charge in [0.25, 0.3) is 0 Å². The van der Waals surface area contributed by atoms with Gasteiger partial charge in [0, 0.05) is 19.0 Å². The third-order valence-corrected chi connectivity index (χ3v) is 4.79. The topological polar surface area (TPSA) is 25.4 Å². The maximum Gasteiger partial charge on any atom is 0.186 e. The summed E-state index contributed by atoms with van der Waals surface area (Å²) in [5, 5.41) is 1.10. The number of thiazole rings is 1. The molecule has 19 heavy (non-hydrogen) atoms. The van der Waals surface area contributed by atoms with Crippen LogP contribution in [0.4, 0.5) is 5.13 Å². The highest BCUT2D eigenvalue weighted by atomic mass is 35.5. The standard InChI is InChI=1S/C14H21ClN2OS/c1-10(2)12(9-15)8-13-11(3)16-14(19-13)17-4-6-18-7-5-17/h8,10H,4-7,9H2,1-3H3. The average Bonchev–Trinajstić information content (AvgIpc) is 2.78. The van der Waals surface area contributed by atoms with Crippen molar-refractivity contribution in [2.45, 2.75) is 20.8 Å². The quantitative estimate of drug-likeness (QED) is 0.795. The number of morpholine rings is 1. The Kier molecular flexibility index (Phi) is 5.25. The van der Waals surface area contributed by atoms with E-state index in [2.05, 4.69) is 36.7 Å². The SMILES string of the molecule is Cc1nc(N2CCOCC2)sc1C=C(CCl)C(C)C. The summed E-state index contributed by atoms with van der Waals surface area (Å²) in [6.45, 7) is 9.87. The predicted molar refractivity (Wildman–Crippen MR) is 83.4 cm³/mol. The molecule has 0 spiro atoms. The van der Waals surface area contributed by atoms with Crippen molar-refractivity contribution >= 4 is 34.1 Å². The van der Waals surface area contributed by atoms with E-state index in [4.69, 9.17) is 16.3 Å². The van der Waals surface area contributed by atoms with Gasteiger partial charge in [0.15, 0.2) is 5.13 Å². The molecule has 106 valence electrons. The fourth-order valence-electron chi connectivity index (χ4n) is 1.95. The molecule has 0 aromatic carbocycles. The summed E-state index contributed by atoms with van der Waals surface area (Å²) in [6.07, 6.45) is 2.20. The minimum absolute atomic E-state index is 0.478. The zero-order valence-electron chi connectivity index (χ0n) is 11.8. The highest BCUT2D eigenvalue weighted by Gasteiger charge is 2.16. The van der Waals surface area contributed by atoms with Gasteiger partial charge in [-0.1, -0.05) is 30.8 Å². The Morgan fingerprint density at radius 2 is 2.16 bits per heavy atom. The summed E-state index contributed by atoms with van der Waals surface area (Å²) in [7, 11) is 0. The van der Waals surface area contributed by atoms with Gasteiger partial charge in [0.2, 0.25) is 0 Å². The number of rotatable bonds is 4. The van der Waals surface area contributed by atoms with E-state index >= 15 is 0 Å². The van der Waals surface area contributed by atoms with Crippen molar-refractivity contribution in [1.29, 1.82) is 0 Å². The fourth-order valence-corrected chi connectivity index (χ4v) is 3.43. The maximum absolute atomic E-state index is 6.01. The van der Waals surface area contributed by atoms with E-state index < -0.39 is 0 Å². The molecule has 1 aliphatic rings. The zero-order chi connectivity index (χ0) is 13.8. The third-order valence-electron chi connectivity index (χ3n) is 3.32. The van der Waals surface area contributed by atoms with Gasteiger partial charge < -0.3 is 9.64 Å². The molecule has 1 aliphatic heterocycles. The molecule has 0 saturated carbocycles. The van der Waals surface area contributed by atoms with Gasteiger partial charge >= 0.3 is 0 Å². The molecule has 0 amide bonds. The summed E-state index contributed by atoms with van der Waals surface area (Å²) < 4.78 is 5.38. The monoisotopic (exact) mass is 300 g/mol. The van der Waals surface area contributed by atoms with Gasteiger partial charge in [0.1, 0.15) is 0 Å². The normalized spacial score (nSPS) is 17.3.